The van der Waals surface area contributed by atoms with Crippen molar-refractivity contribution in [3.05, 3.63) is 57.6 Å². The molecule has 28 heavy (non-hydrogen) atoms. The molecule has 0 aliphatic rings. The molecule has 2 heterocycles. The second-order valence-corrected chi connectivity index (χ2v) is 6.77. The van der Waals surface area contributed by atoms with E-state index in [-0.39, 0.29) is 11.3 Å². The minimum absolute atomic E-state index is 0.0188. The number of anilines is 1. The predicted octanol–water partition coefficient (Wildman–Crippen LogP) is 3.43. The van der Waals surface area contributed by atoms with Crippen LogP contribution in [-0.4, -0.2) is 46.6 Å². The van der Waals surface area contributed by atoms with Crippen LogP contribution < -0.4 is 10.9 Å². The van der Waals surface area contributed by atoms with Gasteiger partial charge in [-0.2, -0.15) is 13.2 Å². The molecule has 1 N–H and O–H groups in total. The number of hydrogen-bond donors (Lipinski definition) is 1. The van der Waals surface area contributed by atoms with E-state index in [1.54, 1.807) is 6.07 Å². The molecule has 6 nitrogen and oxygen atoms in total. The van der Waals surface area contributed by atoms with E-state index in [2.05, 4.69) is 15.3 Å². The van der Waals surface area contributed by atoms with Crippen molar-refractivity contribution in [3.8, 4) is 5.69 Å². The number of hydrogen-bond acceptors (Lipinski definition) is 5. The Kier molecular flexibility index (Phi) is 5.57. The van der Waals surface area contributed by atoms with Crippen LogP contribution in [0.1, 0.15) is 5.56 Å². The van der Waals surface area contributed by atoms with Crippen molar-refractivity contribution in [2.24, 2.45) is 0 Å². The maximum absolute atomic E-state index is 13.2. The third kappa shape index (κ3) is 4.10. The van der Waals surface area contributed by atoms with Gasteiger partial charge in [-0.15, -0.1) is 0 Å². The van der Waals surface area contributed by atoms with Crippen molar-refractivity contribution in [3.63, 3.8) is 0 Å². The van der Waals surface area contributed by atoms with E-state index in [0.29, 0.717) is 17.7 Å². The van der Waals surface area contributed by atoms with Crippen molar-refractivity contribution >= 4 is 28.5 Å². The minimum atomic E-state index is -4.64. The lowest BCUT2D eigenvalue weighted by Gasteiger charge is -2.15. The summed E-state index contributed by atoms with van der Waals surface area (Å²) in [5.74, 6) is 0.491. The molecule has 0 radical (unpaired) electrons. The van der Waals surface area contributed by atoms with E-state index in [1.165, 1.54) is 18.5 Å². The molecule has 2 aromatic heterocycles. The number of aromatic nitrogens is 3. The molecule has 0 aliphatic carbocycles. The number of pyridine rings is 1. The average Bonchev–Trinajstić information content (AvgIpc) is 2.61. The highest BCUT2D eigenvalue weighted by atomic mass is 35.5. The summed E-state index contributed by atoms with van der Waals surface area (Å²) >= 11 is 5.69. The predicted molar refractivity (Wildman–Crippen MR) is 102 cm³/mol. The summed E-state index contributed by atoms with van der Waals surface area (Å²) in [7, 11) is 3.85. The molecule has 1 aromatic carbocycles. The Hall–Kier alpha value is -2.65. The smallest absolute Gasteiger partial charge is 0.368 e. The van der Waals surface area contributed by atoms with Crippen LogP contribution in [0.2, 0.25) is 5.02 Å². The van der Waals surface area contributed by atoms with E-state index in [1.807, 2.05) is 19.0 Å². The highest BCUT2D eigenvalue weighted by Crippen LogP contribution is 2.36. The second-order valence-electron chi connectivity index (χ2n) is 6.36. The molecule has 0 fully saturated rings. The Morgan fingerprint density at radius 3 is 2.61 bits per heavy atom. The topological polar surface area (TPSA) is 63.0 Å². The first kappa shape index (κ1) is 20.1. The lowest BCUT2D eigenvalue weighted by atomic mass is 10.2. The fraction of sp³-hybridized carbons (Fsp3) is 0.278. The highest BCUT2D eigenvalue weighted by Gasteiger charge is 2.33. The van der Waals surface area contributed by atoms with Crippen molar-refractivity contribution in [1.29, 1.82) is 0 Å². The van der Waals surface area contributed by atoms with Gasteiger partial charge in [-0.1, -0.05) is 11.6 Å². The largest absolute Gasteiger partial charge is 0.417 e. The summed E-state index contributed by atoms with van der Waals surface area (Å²) in [5, 5.41) is 3.23. The molecule has 0 aliphatic heterocycles. The van der Waals surface area contributed by atoms with Crippen LogP contribution in [0.25, 0.3) is 16.7 Å². The van der Waals surface area contributed by atoms with Gasteiger partial charge in [0.05, 0.1) is 21.7 Å². The molecule has 3 aromatic rings. The first-order valence-electron chi connectivity index (χ1n) is 8.31. The van der Waals surface area contributed by atoms with Gasteiger partial charge >= 0.3 is 6.18 Å². The molecular formula is C18H17ClF3N5O. The van der Waals surface area contributed by atoms with Gasteiger partial charge in [0.25, 0.3) is 5.56 Å². The fourth-order valence-electron chi connectivity index (χ4n) is 2.71. The Balaban J connectivity index is 2.15. The second kappa shape index (κ2) is 7.76. The normalized spacial score (nSPS) is 12.0. The van der Waals surface area contributed by atoms with Crippen LogP contribution in [0.5, 0.6) is 0 Å². The first-order valence-corrected chi connectivity index (χ1v) is 8.69. The number of nitrogens with one attached hydrogen (secondary N) is 1. The van der Waals surface area contributed by atoms with Crippen molar-refractivity contribution in [2.75, 3.05) is 32.5 Å². The lowest BCUT2D eigenvalue weighted by molar-refractivity contribution is -0.137. The Labute approximate surface area is 163 Å². The van der Waals surface area contributed by atoms with Gasteiger partial charge in [0, 0.05) is 19.2 Å². The van der Waals surface area contributed by atoms with E-state index >= 15 is 0 Å². The van der Waals surface area contributed by atoms with Gasteiger partial charge in [-0.25, -0.2) is 9.97 Å². The zero-order valence-corrected chi connectivity index (χ0v) is 15.8. The molecule has 0 atom stereocenters. The Bertz CT molecular complexity index is 1070. The molecule has 10 heteroatoms. The molecule has 0 saturated heterocycles. The van der Waals surface area contributed by atoms with Crippen LogP contribution in [0.15, 0.2) is 41.5 Å². The molecule has 0 saturated carbocycles. The van der Waals surface area contributed by atoms with Gasteiger partial charge < -0.3 is 10.2 Å². The van der Waals surface area contributed by atoms with Crippen LogP contribution in [0.3, 0.4) is 0 Å². The van der Waals surface area contributed by atoms with Gasteiger partial charge in [0.15, 0.2) is 5.65 Å². The van der Waals surface area contributed by atoms with E-state index < -0.39 is 22.3 Å². The average molecular weight is 412 g/mol. The molecule has 0 unspecified atom stereocenters. The zero-order chi connectivity index (χ0) is 20.5. The summed E-state index contributed by atoms with van der Waals surface area (Å²) < 4.78 is 40.8. The minimum Gasteiger partial charge on any atom is -0.368 e. The van der Waals surface area contributed by atoms with Crippen LogP contribution >= 0.6 is 11.6 Å². The first-order chi connectivity index (χ1) is 13.2. The molecule has 0 amide bonds. The number of rotatable bonds is 5. The standard InChI is InChI=1S/C18H17ClF3N5O/c1-26(2)8-7-23-16-12-4-6-15(28)27(17(12)25-10-24-16)11-3-5-14(19)13(9-11)18(20,21)22/h3-6,9-10H,7-8H2,1-2H3,(H,23,24,25). The number of benzene rings is 1. The summed E-state index contributed by atoms with van der Waals surface area (Å²) in [6.45, 7) is 1.34. The number of nitrogens with zero attached hydrogens (tertiary/aromatic N) is 4. The number of likely N-dealkylation sites (N-methyl/N-ethyl adjacent to an activating group) is 1. The Morgan fingerprint density at radius 2 is 1.93 bits per heavy atom. The fourth-order valence-corrected chi connectivity index (χ4v) is 2.93. The van der Waals surface area contributed by atoms with Crippen molar-refractivity contribution in [2.45, 2.75) is 6.18 Å². The number of alkyl halides is 3. The molecule has 148 valence electrons. The van der Waals surface area contributed by atoms with Crippen LogP contribution in [0, 0.1) is 0 Å². The summed E-state index contributed by atoms with van der Waals surface area (Å²) in [4.78, 5) is 22.7. The van der Waals surface area contributed by atoms with Crippen molar-refractivity contribution < 1.29 is 13.2 Å². The molecule has 0 bridgehead atoms. The third-order valence-corrected chi connectivity index (χ3v) is 4.38. The van der Waals surface area contributed by atoms with E-state index in [4.69, 9.17) is 11.6 Å². The lowest BCUT2D eigenvalue weighted by Crippen LogP contribution is -2.22. The van der Waals surface area contributed by atoms with Gasteiger partial charge in [0.2, 0.25) is 0 Å². The van der Waals surface area contributed by atoms with Crippen molar-refractivity contribution in [1.82, 2.24) is 19.4 Å². The van der Waals surface area contributed by atoms with E-state index in [0.717, 1.165) is 23.2 Å². The number of fused-ring (bicyclic) bond motifs is 1. The van der Waals surface area contributed by atoms with Gasteiger partial charge in [-0.3, -0.25) is 9.36 Å². The molecular weight excluding hydrogens is 395 g/mol. The monoisotopic (exact) mass is 411 g/mol. The number of halogens is 4. The van der Waals surface area contributed by atoms with Crippen LogP contribution in [0.4, 0.5) is 19.0 Å². The zero-order valence-electron chi connectivity index (χ0n) is 15.1. The maximum atomic E-state index is 13.2. The third-order valence-electron chi connectivity index (χ3n) is 4.05. The molecule has 0 spiro atoms. The summed E-state index contributed by atoms with van der Waals surface area (Å²) in [5.41, 5.74) is -1.31. The quantitative estimate of drug-likeness (QED) is 0.697. The summed E-state index contributed by atoms with van der Waals surface area (Å²) in [6, 6.07) is 6.12. The molecule has 3 rings (SSSR count). The van der Waals surface area contributed by atoms with E-state index in [9.17, 15) is 18.0 Å². The van der Waals surface area contributed by atoms with Crippen LogP contribution in [-0.2, 0) is 6.18 Å². The van der Waals surface area contributed by atoms with Gasteiger partial charge in [-0.05, 0) is 38.4 Å². The van der Waals surface area contributed by atoms with Gasteiger partial charge in [0.1, 0.15) is 12.1 Å². The Morgan fingerprint density at radius 1 is 1.18 bits per heavy atom. The maximum Gasteiger partial charge on any atom is 0.417 e. The summed E-state index contributed by atoms with van der Waals surface area (Å²) in [6.07, 6.45) is -3.38. The SMILES string of the molecule is CN(C)CCNc1ncnc2c1ccc(=O)n2-c1ccc(Cl)c(C(F)(F)F)c1. The highest BCUT2D eigenvalue weighted by molar-refractivity contribution is 6.31.